The van der Waals surface area contributed by atoms with Crippen LogP contribution in [-0.4, -0.2) is 53.7 Å². The average Bonchev–Trinajstić information content (AvgIpc) is 2.53. The first-order chi connectivity index (χ1) is 11.7. The van der Waals surface area contributed by atoms with E-state index in [9.17, 15) is 22.1 Å². The van der Waals surface area contributed by atoms with Crippen LogP contribution in [0.15, 0.2) is 42.5 Å². The normalized spacial score (nSPS) is 11.3. The highest BCUT2D eigenvalue weighted by Gasteiger charge is 2.22. The molecule has 25 heavy (non-hydrogen) atoms. The van der Waals surface area contributed by atoms with Gasteiger partial charge in [0.15, 0.2) is 5.75 Å². The minimum Gasteiger partial charge on any atom is -0.418 e. The van der Waals surface area contributed by atoms with E-state index in [1.807, 2.05) is 42.5 Å². The SMILES string of the molecule is F[B-](F)(F)F.O=C(C[S+](CCO)CCO)c1ccc2ccccc2c1. The Labute approximate surface area is 146 Å². The van der Waals surface area contributed by atoms with E-state index in [4.69, 9.17) is 10.2 Å². The minimum atomic E-state index is -6.00. The Balaban J connectivity index is 0.000000550. The van der Waals surface area contributed by atoms with E-state index in [2.05, 4.69) is 0 Å². The lowest BCUT2D eigenvalue weighted by Crippen LogP contribution is -2.25. The van der Waals surface area contributed by atoms with E-state index >= 15 is 0 Å². The summed E-state index contributed by atoms with van der Waals surface area (Å²) < 4.78 is 39.0. The molecule has 0 saturated heterocycles. The van der Waals surface area contributed by atoms with Gasteiger partial charge in [-0.2, -0.15) is 0 Å². The molecule has 0 atom stereocenters. The fourth-order valence-electron chi connectivity index (χ4n) is 2.14. The van der Waals surface area contributed by atoms with Gasteiger partial charge in [-0.05, 0) is 16.8 Å². The number of fused-ring (bicyclic) bond motifs is 1. The third-order valence-corrected chi connectivity index (χ3v) is 5.36. The lowest BCUT2D eigenvalue weighted by Gasteiger charge is -2.06. The Hall–Kier alpha value is -1.58. The molecule has 0 aliphatic carbocycles. The van der Waals surface area contributed by atoms with Crippen LogP contribution in [-0.2, 0) is 10.9 Å². The second-order valence-electron chi connectivity index (χ2n) is 5.09. The summed E-state index contributed by atoms with van der Waals surface area (Å²) in [5.41, 5.74) is 0.706. The number of hydrogen-bond acceptors (Lipinski definition) is 3. The maximum Gasteiger partial charge on any atom is 0.673 e. The Morgan fingerprint density at radius 3 is 1.96 bits per heavy atom. The molecule has 0 aromatic heterocycles. The van der Waals surface area contributed by atoms with E-state index < -0.39 is 7.25 Å². The molecule has 0 aliphatic rings. The maximum atomic E-state index is 12.3. The standard InChI is InChI=1S/C16H19O3S.BF4/c17-7-9-20(10-8-18)12-16(19)15-6-5-13-3-1-2-4-14(13)11-15;2-1(3,4)5/h1-6,11,17-18H,7-10,12H2;/q+1;-1. The van der Waals surface area contributed by atoms with Gasteiger partial charge < -0.3 is 27.5 Å². The van der Waals surface area contributed by atoms with Crippen LogP contribution in [0.3, 0.4) is 0 Å². The molecule has 0 fully saturated rings. The second-order valence-corrected chi connectivity index (χ2v) is 7.42. The average molecular weight is 378 g/mol. The van der Waals surface area contributed by atoms with Crippen molar-refractivity contribution in [3.05, 3.63) is 48.0 Å². The van der Waals surface area contributed by atoms with Gasteiger partial charge in [-0.25, -0.2) is 0 Å². The highest BCUT2D eigenvalue weighted by molar-refractivity contribution is 7.97. The molecule has 3 nitrogen and oxygen atoms in total. The van der Waals surface area contributed by atoms with Crippen LogP contribution in [0.2, 0.25) is 0 Å². The van der Waals surface area contributed by atoms with Crippen molar-refractivity contribution in [3.63, 3.8) is 0 Å². The Kier molecular flexibility index (Phi) is 8.95. The molecule has 2 aromatic carbocycles. The van der Waals surface area contributed by atoms with Crippen LogP contribution in [0, 0.1) is 0 Å². The van der Waals surface area contributed by atoms with Gasteiger partial charge in [0.1, 0.15) is 11.5 Å². The zero-order chi connectivity index (χ0) is 18.9. The monoisotopic (exact) mass is 378 g/mol. The quantitative estimate of drug-likeness (QED) is 0.337. The summed E-state index contributed by atoms with van der Waals surface area (Å²) in [7, 11) is -6.24. The van der Waals surface area contributed by atoms with Gasteiger partial charge in [0.2, 0.25) is 5.78 Å². The van der Waals surface area contributed by atoms with E-state index in [-0.39, 0.29) is 29.9 Å². The van der Waals surface area contributed by atoms with E-state index in [0.717, 1.165) is 10.8 Å². The van der Waals surface area contributed by atoms with Crippen molar-refractivity contribution in [3.8, 4) is 0 Å². The fraction of sp³-hybridized carbons (Fsp3) is 0.312. The van der Waals surface area contributed by atoms with Crippen LogP contribution < -0.4 is 0 Å². The van der Waals surface area contributed by atoms with Gasteiger partial charge in [-0.1, -0.05) is 36.4 Å². The van der Waals surface area contributed by atoms with Crippen molar-refractivity contribution in [1.82, 2.24) is 0 Å². The van der Waals surface area contributed by atoms with Crippen molar-refractivity contribution in [2.24, 2.45) is 0 Å². The summed E-state index contributed by atoms with van der Waals surface area (Å²) in [4.78, 5) is 12.3. The third-order valence-electron chi connectivity index (χ3n) is 3.17. The van der Waals surface area contributed by atoms with Gasteiger partial charge in [-0.15, -0.1) is 0 Å². The predicted molar refractivity (Wildman–Crippen MR) is 94.6 cm³/mol. The topological polar surface area (TPSA) is 57.5 Å². The molecule has 0 heterocycles. The lowest BCUT2D eigenvalue weighted by molar-refractivity contribution is 0.102. The van der Waals surface area contributed by atoms with Gasteiger partial charge >= 0.3 is 7.25 Å². The van der Waals surface area contributed by atoms with E-state index in [1.54, 1.807) is 0 Å². The number of Topliss-reactive ketones (excluding diaryl/α,β-unsaturated/α-hetero) is 1. The molecule has 0 spiro atoms. The molecule has 2 rings (SSSR count). The molecule has 0 unspecified atom stereocenters. The minimum absolute atomic E-state index is 0.0636. The molecule has 9 heteroatoms. The molecule has 0 radical (unpaired) electrons. The summed E-state index contributed by atoms with van der Waals surface area (Å²) >= 11 is 0. The maximum absolute atomic E-state index is 12.3. The van der Waals surface area contributed by atoms with E-state index in [1.165, 1.54) is 0 Å². The van der Waals surface area contributed by atoms with Crippen LogP contribution >= 0.6 is 0 Å². The Morgan fingerprint density at radius 1 is 0.920 bits per heavy atom. The van der Waals surface area contributed by atoms with Crippen LogP contribution in [0.25, 0.3) is 10.8 Å². The number of aliphatic hydroxyl groups is 2. The molecule has 0 bridgehead atoms. The number of aliphatic hydroxyl groups excluding tert-OH is 2. The number of ketones is 1. The van der Waals surface area contributed by atoms with Gasteiger partial charge in [0, 0.05) is 16.5 Å². The number of carbonyl (C=O) groups excluding carboxylic acids is 1. The van der Waals surface area contributed by atoms with Crippen molar-refractivity contribution < 1.29 is 32.3 Å². The second kappa shape index (κ2) is 10.4. The Morgan fingerprint density at radius 2 is 1.44 bits per heavy atom. The smallest absolute Gasteiger partial charge is 0.418 e. The molecule has 0 amide bonds. The number of carbonyl (C=O) groups is 1. The van der Waals surface area contributed by atoms with E-state index in [0.29, 0.717) is 22.8 Å². The summed E-state index contributed by atoms with van der Waals surface area (Å²) in [6.45, 7) is 0.127. The van der Waals surface area contributed by atoms with Gasteiger partial charge in [0.25, 0.3) is 0 Å². The zero-order valence-corrected chi connectivity index (χ0v) is 14.2. The van der Waals surface area contributed by atoms with Crippen LogP contribution in [0.5, 0.6) is 0 Å². The van der Waals surface area contributed by atoms with Gasteiger partial charge in [0.05, 0.1) is 13.2 Å². The molecule has 0 saturated carbocycles. The van der Waals surface area contributed by atoms with Gasteiger partial charge in [-0.3, -0.25) is 4.79 Å². The molecule has 0 aliphatic heterocycles. The lowest BCUT2D eigenvalue weighted by atomic mass is 10.1. The highest BCUT2D eigenvalue weighted by Crippen LogP contribution is 2.16. The van der Waals surface area contributed by atoms with Crippen molar-refractivity contribution in [2.45, 2.75) is 0 Å². The first kappa shape index (κ1) is 21.5. The number of halogens is 4. The summed E-state index contributed by atoms with van der Waals surface area (Å²) in [6, 6.07) is 13.7. The number of rotatable bonds is 7. The summed E-state index contributed by atoms with van der Waals surface area (Å²) in [6.07, 6.45) is 0. The van der Waals surface area contributed by atoms with Crippen molar-refractivity contribution in [2.75, 3.05) is 30.5 Å². The summed E-state index contributed by atoms with van der Waals surface area (Å²) in [5, 5.41) is 20.2. The molecule has 138 valence electrons. The van der Waals surface area contributed by atoms with Crippen LogP contribution in [0.1, 0.15) is 10.4 Å². The van der Waals surface area contributed by atoms with Crippen molar-refractivity contribution in [1.29, 1.82) is 0 Å². The van der Waals surface area contributed by atoms with Crippen molar-refractivity contribution >= 4 is 34.7 Å². The molecular formula is C16H19BF4O3S. The first-order valence-electron chi connectivity index (χ1n) is 7.49. The molecule has 2 N–H and O–H groups in total. The third kappa shape index (κ3) is 8.90. The Bertz CT molecular complexity index is 670. The zero-order valence-electron chi connectivity index (χ0n) is 13.4. The predicted octanol–water partition coefficient (Wildman–Crippen LogP) is 2.93. The summed E-state index contributed by atoms with van der Waals surface area (Å²) in [5.74, 6) is 1.65. The van der Waals surface area contributed by atoms with Crippen LogP contribution in [0.4, 0.5) is 17.3 Å². The highest BCUT2D eigenvalue weighted by atomic mass is 32.2. The number of hydrogen-bond donors (Lipinski definition) is 2. The first-order valence-corrected chi connectivity index (χ1v) is 9.23. The fourth-order valence-corrected chi connectivity index (χ4v) is 3.68. The number of benzene rings is 2. The molecular weight excluding hydrogens is 359 g/mol. The molecule has 2 aromatic rings. The largest absolute Gasteiger partial charge is 0.673 e.